The Bertz CT molecular complexity index is 640. The zero-order valence-electron chi connectivity index (χ0n) is 19.1. The maximum Gasteiger partial charge on any atom is 0.185 e. The van der Waals surface area contributed by atoms with E-state index in [1.807, 2.05) is 32.0 Å². The SMILES string of the molecule is CO[C@@H]1OC(C)[C@H](C)[C@H](O[C@H]2O[C@@H](COCc3ccccc3)[C@@H](C)C(C)C2C)C1O. The van der Waals surface area contributed by atoms with Gasteiger partial charge in [0.05, 0.1) is 31.5 Å². The summed E-state index contributed by atoms with van der Waals surface area (Å²) < 4.78 is 29.8. The molecular weight excluding hydrogens is 384 g/mol. The van der Waals surface area contributed by atoms with Crippen molar-refractivity contribution in [2.24, 2.45) is 23.7 Å². The van der Waals surface area contributed by atoms with Crippen LogP contribution in [0.2, 0.25) is 0 Å². The molecule has 2 aliphatic rings. The van der Waals surface area contributed by atoms with E-state index in [4.69, 9.17) is 23.7 Å². The van der Waals surface area contributed by atoms with Crippen LogP contribution in [0.25, 0.3) is 0 Å². The molecule has 0 spiro atoms. The van der Waals surface area contributed by atoms with Gasteiger partial charge in [-0.1, -0.05) is 58.0 Å². The number of rotatable bonds is 7. The van der Waals surface area contributed by atoms with Crippen molar-refractivity contribution in [2.75, 3.05) is 13.7 Å². The fourth-order valence-corrected chi connectivity index (χ4v) is 4.40. The third-order valence-electron chi connectivity index (χ3n) is 7.12. The molecule has 2 heterocycles. The van der Waals surface area contributed by atoms with Crippen LogP contribution in [0.4, 0.5) is 0 Å². The second-order valence-electron chi connectivity index (χ2n) is 9.02. The molecule has 0 saturated carbocycles. The average molecular weight is 423 g/mol. The van der Waals surface area contributed by atoms with Crippen molar-refractivity contribution < 1.29 is 28.8 Å². The summed E-state index contributed by atoms with van der Waals surface area (Å²) in [4.78, 5) is 0. The highest BCUT2D eigenvalue weighted by Gasteiger charge is 2.47. The van der Waals surface area contributed by atoms with E-state index >= 15 is 0 Å². The Kier molecular flexibility index (Phi) is 8.30. The van der Waals surface area contributed by atoms with Crippen LogP contribution in [-0.4, -0.2) is 55.8 Å². The Morgan fingerprint density at radius 1 is 0.867 bits per heavy atom. The van der Waals surface area contributed by atoms with Gasteiger partial charge in [0.1, 0.15) is 6.10 Å². The standard InChI is InChI=1S/C24H38O6/c1-14-15(2)20(13-27-12-19-10-8-7-9-11-19)29-23(16(14)3)30-22-17(4)18(5)28-24(26-6)21(22)25/h7-11,14-18,20-25H,12-13H2,1-6H3/t14?,15-,16?,17-,18?,20-,21?,22-,23+,24+/m0/s1. The molecule has 0 radical (unpaired) electrons. The van der Waals surface area contributed by atoms with Crippen LogP contribution < -0.4 is 0 Å². The molecule has 6 heteroatoms. The van der Waals surface area contributed by atoms with Gasteiger partial charge in [0.25, 0.3) is 0 Å². The number of benzene rings is 1. The first-order valence-corrected chi connectivity index (χ1v) is 11.1. The Morgan fingerprint density at radius 2 is 1.57 bits per heavy atom. The minimum Gasteiger partial charge on any atom is -0.385 e. The van der Waals surface area contributed by atoms with Crippen LogP contribution in [0.3, 0.4) is 0 Å². The molecule has 0 bridgehead atoms. The Balaban J connectivity index is 1.63. The van der Waals surface area contributed by atoms with Crippen molar-refractivity contribution in [1.29, 1.82) is 0 Å². The van der Waals surface area contributed by atoms with Crippen molar-refractivity contribution in [1.82, 2.24) is 0 Å². The number of ether oxygens (including phenoxy) is 5. The Morgan fingerprint density at radius 3 is 2.23 bits per heavy atom. The lowest BCUT2D eigenvalue weighted by molar-refractivity contribution is -0.331. The van der Waals surface area contributed by atoms with E-state index in [1.165, 1.54) is 7.11 Å². The molecule has 0 amide bonds. The van der Waals surface area contributed by atoms with E-state index < -0.39 is 24.8 Å². The van der Waals surface area contributed by atoms with E-state index in [-0.39, 0.29) is 24.0 Å². The maximum atomic E-state index is 10.7. The zero-order valence-corrected chi connectivity index (χ0v) is 19.1. The summed E-state index contributed by atoms with van der Waals surface area (Å²) in [5, 5.41) is 10.7. The van der Waals surface area contributed by atoms with E-state index in [0.717, 1.165) is 5.56 Å². The first-order chi connectivity index (χ1) is 14.3. The summed E-state index contributed by atoms with van der Waals surface area (Å²) in [7, 11) is 1.54. The first kappa shape index (κ1) is 23.6. The topological polar surface area (TPSA) is 66.4 Å². The van der Waals surface area contributed by atoms with Crippen LogP contribution in [0.5, 0.6) is 0 Å². The monoisotopic (exact) mass is 422 g/mol. The van der Waals surface area contributed by atoms with Gasteiger partial charge in [-0.25, -0.2) is 0 Å². The van der Waals surface area contributed by atoms with Gasteiger partial charge in [0.2, 0.25) is 0 Å². The first-order valence-electron chi connectivity index (χ1n) is 11.1. The molecule has 170 valence electrons. The zero-order chi connectivity index (χ0) is 21.8. The second-order valence-corrected chi connectivity index (χ2v) is 9.02. The lowest BCUT2D eigenvalue weighted by Gasteiger charge is -2.48. The molecule has 1 N–H and O–H groups in total. The highest BCUT2D eigenvalue weighted by Crippen LogP contribution is 2.38. The third kappa shape index (κ3) is 5.23. The molecule has 3 rings (SSSR count). The van der Waals surface area contributed by atoms with Gasteiger partial charge in [-0.2, -0.15) is 0 Å². The van der Waals surface area contributed by atoms with Gasteiger partial charge in [0, 0.05) is 18.9 Å². The largest absolute Gasteiger partial charge is 0.385 e. The van der Waals surface area contributed by atoms with Crippen LogP contribution in [0.1, 0.15) is 40.2 Å². The molecule has 0 aromatic heterocycles. The molecule has 2 fully saturated rings. The Labute approximate surface area is 180 Å². The minimum atomic E-state index is -0.862. The van der Waals surface area contributed by atoms with Gasteiger partial charge in [-0.3, -0.25) is 0 Å². The predicted octanol–water partition coefficient (Wildman–Crippen LogP) is 3.61. The molecule has 0 aliphatic carbocycles. The lowest BCUT2D eigenvalue weighted by atomic mass is 9.79. The average Bonchev–Trinajstić information content (AvgIpc) is 2.75. The smallest absolute Gasteiger partial charge is 0.185 e. The van der Waals surface area contributed by atoms with Crippen LogP contribution in [0.15, 0.2) is 30.3 Å². The van der Waals surface area contributed by atoms with E-state index in [2.05, 4.69) is 32.9 Å². The summed E-state index contributed by atoms with van der Waals surface area (Å²) >= 11 is 0. The molecule has 6 nitrogen and oxygen atoms in total. The fourth-order valence-electron chi connectivity index (χ4n) is 4.40. The highest BCUT2D eigenvalue weighted by molar-refractivity contribution is 5.13. The van der Waals surface area contributed by atoms with E-state index in [9.17, 15) is 5.11 Å². The van der Waals surface area contributed by atoms with Gasteiger partial charge < -0.3 is 28.8 Å². The highest BCUT2D eigenvalue weighted by atomic mass is 16.7. The normalized spacial score (nSPS) is 42.2. The predicted molar refractivity (Wildman–Crippen MR) is 114 cm³/mol. The summed E-state index contributed by atoms with van der Waals surface area (Å²) in [6.07, 6.45) is -2.53. The fraction of sp³-hybridized carbons (Fsp3) is 0.750. The minimum absolute atomic E-state index is 0.0182. The molecule has 4 unspecified atom stereocenters. The molecule has 1 aromatic rings. The summed E-state index contributed by atoms with van der Waals surface area (Å²) in [6.45, 7) is 11.7. The summed E-state index contributed by atoms with van der Waals surface area (Å²) in [5.41, 5.74) is 1.15. The molecule has 10 atom stereocenters. The Hall–Kier alpha value is -1.02. The quantitative estimate of drug-likeness (QED) is 0.724. The molecular formula is C24H38O6. The van der Waals surface area contributed by atoms with Crippen molar-refractivity contribution in [2.45, 2.75) is 78.2 Å². The number of aliphatic hydroxyl groups is 1. The van der Waals surface area contributed by atoms with Crippen LogP contribution >= 0.6 is 0 Å². The van der Waals surface area contributed by atoms with E-state index in [1.54, 1.807) is 0 Å². The third-order valence-corrected chi connectivity index (χ3v) is 7.12. The number of hydrogen-bond acceptors (Lipinski definition) is 6. The van der Waals surface area contributed by atoms with Crippen molar-refractivity contribution in [3.63, 3.8) is 0 Å². The van der Waals surface area contributed by atoms with Gasteiger partial charge in [0.15, 0.2) is 12.6 Å². The number of methoxy groups -OCH3 is 1. The molecule has 2 saturated heterocycles. The molecule has 30 heavy (non-hydrogen) atoms. The van der Waals surface area contributed by atoms with Gasteiger partial charge in [-0.15, -0.1) is 0 Å². The summed E-state index contributed by atoms with van der Waals surface area (Å²) in [5.74, 6) is 0.962. The summed E-state index contributed by atoms with van der Waals surface area (Å²) in [6, 6.07) is 10.1. The van der Waals surface area contributed by atoms with Crippen molar-refractivity contribution >= 4 is 0 Å². The van der Waals surface area contributed by atoms with Crippen molar-refractivity contribution in [3.8, 4) is 0 Å². The number of aliphatic hydroxyl groups excluding tert-OH is 1. The van der Waals surface area contributed by atoms with Gasteiger partial charge in [-0.05, 0) is 24.3 Å². The maximum absolute atomic E-state index is 10.7. The van der Waals surface area contributed by atoms with Crippen LogP contribution in [-0.2, 0) is 30.3 Å². The lowest BCUT2D eigenvalue weighted by Crippen LogP contribution is -2.57. The van der Waals surface area contributed by atoms with Gasteiger partial charge >= 0.3 is 0 Å². The second kappa shape index (κ2) is 10.5. The van der Waals surface area contributed by atoms with Crippen molar-refractivity contribution in [3.05, 3.63) is 35.9 Å². The molecule has 1 aromatic carbocycles. The number of hydrogen-bond donors (Lipinski definition) is 1. The van der Waals surface area contributed by atoms with Crippen LogP contribution in [0, 0.1) is 23.7 Å². The molecule has 2 aliphatic heterocycles. The van der Waals surface area contributed by atoms with E-state index in [0.29, 0.717) is 25.0 Å².